The second kappa shape index (κ2) is 4.14. The molecule has 0 unspecified atom stereocenters. The van der Waals surface area contributed by atoms with Gasteiger partial charge in [0.05, 0.1) is 29.2 Å². The molecule has 0 aliphatic carbocycles. The summed E-state index contributed by atoms with van der Waals surface area (Å²) in [6, 6.07) is 0. The van der Waals surface area contributed by atoms with Crippen molar-refractivity contribution in [3.8, 4) is 0 Å². The summed E-state index contributed by atoms with van der Waals surface area (Å²) in [6.07, 6.45) is 3.25. The van der Waals surface area contributed by atoms with Crippen LogP contribution in [0.1, 0.15) is 36.3 Å². The van der Waals surface area contributed by atoms with Gasteiger partial charge in [0.15, 0.2) is 0 Å². The quantitative estimate of drug-likeness (QED) is 0.713. The Morgan fingerprint density at radius 3 is 2.82 bits per heavy atom. The Kier molecular flexibility index (Phi) is 2.95. The second-order valence-corrected chi connectivity index (χ2v) is 6.07. The largest absolute Gasteiger partial charge is 0.452 e. The number of fused-ring (bicyclic) bond motifs is 1. The first-order valence-electron chi connectivity index (χ1n) is 5.45. The van der Waals surface area contributed by atoms with Crippen LogP contribution in [0.3, 0.4) is 0 Å². The third-order valence-electron chi connectivity index (χ3n) is 2.50. The number of hydrogen-bond donors (Lipinski definition) is 0. The summed E-state index contributed by atoms with van der Waals surface area (Å²) in [5, 5.41) is 1.10. The van der Waals surface area contributed by atoms with Crippen LogP contribution in [0.4, 0.5) is 4.79 Å². The predicted octanol–water partition coefficient (Wildman–Crippen LogP) is 2.99. The van der Waals surface area contributed by atoms with Gasteiger partial charge in [-0.2, -0.15) is 0 Å². The minimum absolute atomic E-state index is 0.0476. The number of thiazole rings is 1. The van der Waals surface area contributed by atoms with Gasteiger partial charge in [0.1, 0.15) is 0 Å². The average molecular weight is 252 g/mol. The van der Waals surface area contributed by atoms with E-state index in [1.165, 1.54) is 7.11 Å². The van der Waals surface area contributed by atoms with Crippen molar-refractivity contribution in [3.63, 3.8) is 0 Å². The van der Waals surface area contributed by atoms with Gasteiger partial charge < -0.3 is 4.74 Å². The van der Waals surface area contributed by atoms with Gasteiger partial charge in [-0.25, -0.2) is 9.78 Å². The molecule has 0 saturated carbocycles. The number of rotatable bonds is 0. The maximum atomic E-state index is 11.4. The fourth-order valence-corrected chi connectivity index (χ4v) is 2.64. The molecule has 17 heavy (non-hydrogen) atoms. The Balaban J connectivity index is 2.27. The highest BCUT2D eigenvalue weighted by Crippen LogP contribution is 2.32. The van der Waals surface area contributed by atoms with Crippen LogP contribution < -0.4 is 0 Å². The minimum atomic E-state index is -0.336. The highest BCUT2D eigenvalue weighted by atomic mass is 32.1. The molecule has 1 aliphatic heterocycles. The van der Waals surface area contributed by atoms with Crippen molar-refractivity contribution in [1.29, 1.82) is 0 Å². The molecule has 1 aliphatic rings. The van der Waals surface area contributed by atoms with E-state index < -0.39 is 0 Å². The first-order valence-corrected chi connectivity index (χ1v) is 6.26. The number of nitrogens with zero attached hydrogens (tertiary/aromatic N) is 2. The van der Waals surface area contributed by atoms with Gasteiger partial charge in [-0.1, -0.05) is 20.8 Å². The Morgan fingerprint density at radius 1 is 1.53 bits per heavy atom. The van der Waals surface area contributed by atoms with Crippen LogP contribution in [-0.4, -0.2) is 23.1 Å². The number of hydrogen-bond acceptors (Lipinski definition) is 4. The lowest BCUT2D eigenvalue weighted by Gasteiger charge is -2.18. The maximum absolute atomic E-state index is 11.4. The van der Waals surface area contributed by atoms with Crippen molar-refractivity contribution in [3.05, 3.63) is 21.8 Å². The molecule has 2 heterocycles. The van der Waals surface area contributed by atoms with Gasteiger partial charge in [-0.05, 0) is 6.08 Å². The molecule has 0 aromatic carbocycles. The van der Waals surface area contributed by atoms with Gasteiger partial charge >= 0.3 is 6.09 Å². The highest BCUT2D eigenvalue weighted by molar-refractivity contribution is 7.12. The normalized spacial score (nSPS) is 14.7. The van der Waals surface area contributed by atoms with Crippen molar-refractivity contribution in [1.82, 2.24) is 9.88 Å². The summed E-state index contributed by atoms with van der Waals surface area (Å²) in [4.78, 5) is 18.7. The number of carbonyl (C=O) groups is 1. The van der Waals surface area contributed by atoms with Crippen LogP contribution in [0.15, 0.2) is 6.20 Å². The van der Waals surface area contributed by atoms with Crippen molar-refractivity contribution >= 4 is 23.5 Å². The minimum Gasteiger partial charge on any atom is -0.452 e. The molecule has 1 amide bonds. The van der Waals surface area contributed by atoms with Crippen LogP contribution in [-0.2, 0) is 16.7 Å². The van der Waals surface area contributed by atoms with Crippen LogP contribution in [0.25, 0.3) is 6.08 Å². The van der Waals surface area contributed by atoms with Gasteiger partial charge in [-0.3, -0.25) is 4.90 Å². The molecule has 0 saturated heterocycles. The average Bonchev–Trinajstić information content (AvgIpc) is 2.70. The molecule has 0 spiro atoms. The first-order chi connectivity index (χ1) is 7.91. The van der Waals surface area contributed by atoms with Crippen LogP contribution in [0.5, 0.6) is 0 Å². The molecular formula is C12H16N2O2S. The molecule has 5 heteroatoms. The van der Waals surface area contributed by atoms with E-state index >= 15 is 0 Å². The van der Waals surface area contributed by atoms with Crippen LogP contribution >= 0.6 is 11.3 Å². The van der Waals surface area contributed by atoms with Crippen LogP contribution in [0.2, 0.25) is 0 Å². The lowest BCUT2D eigenvalue weighted by atomic mass is 9.98. The molecular weight excluding hydrogens is 236 g/mol. The fraction of sp³-hybridized carbons (Fsp3) is 0.500. The molecule has 0 atom stereocenters. The van der Waals surface area contributed by atoms with E-state index in [1.54, 1.807) is 22.4 Å². The van der Waals surface area contributed by atoms with Gasteiger partial charge in [-0.15, -0.1) is 11.3 Å². The first kappa shape index (κ1) is 12.1. The third-order valence-corrected chi connectivity index (χ3v) is 3.99. The topological polar surface area (TPSA) is 42.4 Å². The Labute approximate surface area is 105 Å². The van der Waals surface area contributed by atoms with Gasteiger partial charge in [0, 0.05) is 11.6 Å². The summed E-state index contributed by atoms with van der Waals surface area (Å²) < 4.78 is 4.70. The van der Waals surface area contributed by atoms with Crippen molar-refractivity contribution in [2.45, 2.75) is 32.7 Å². The van der Waals surface area contributed by atoms with Crippen molar-refractivity contribution in [2.24, 2.45) is 0 Å². The van der Waals surface area contributed by atoms with E-state index in [1.807, 2.05) is 6.08 Å². The molecule has 1 aromatic heterocycles. The number of aromatic nitrogens is 1. The summed E-state index contributed by atoms with van der Waals surface area (Å²) >= 11 is 1.66. The molecule has 4 nitrogen and oxygen atoms in total. The van der Waals surface area contributed by atoms with E-state index in [4.69, 9.17) is 4.74 Å². The van der Waals surface area contributed by atoms with E-state index in [9.17, 15) is 4.79 Å². The molecule has 0 N–H and O–H groups in total. The van der Waals surface area contributed by atoms with Crippen molar-refractivity contribution in [2.75, 3.05) is 7.11 Å². The van der Waals surface area contributed by atoms with E-state index in [0.29, 0.717) is 6.54 Å². The predicted molar refractivity (Wildman–Crippen MR) is 67.8 cm³/mol. The second-order valence-electron chi connectivity index (χ2n) is 4.99. The zero-order valence-corrected chi connectivity index (χ0v) is 11.3. The van der Waals surface area contributed by atoms with E-state index in [2.05, 4.69) is 25.8 Å². The lowest BCUT2D eigenvalue weighted by Crippen LogP contribution is -2.26. The third kappa shape index (κ3) is 2.34. The standard InChI is InChI=1S/C12H16N2O2S/c1-12(2,3)10-13-8-5-6-14(11(15)16-4)7-9(8)17-10/h5-6H,7H2,1-4H3. The molecule has 92 valence electrons. The number of methoxy groups -OCH3 is 1. The Bertz CT molecular complexity index is 471. The maximum Gasteiger partial charge on any atom is 0.413 e. The molecule has 0 radical (unpaired) electrons. The summed E-state index contributed by atoms with van der Waals surface area (Å²) in [7, 11) is 1.39. The summed E-state index contributed by atoms with van der Waals surface area (Å²) in [5.41, 5.74) is 1.02. The monoisotopic (exact) mass is 252 g/mol. The highest BCUT2D eigenvalue weighted by Gasteiger charge is 2.25. The molecule has 0 fully saturated rings. The number of amides is 1. The number of carbonyl (C=O) groups excluding carboxylic acids is 1. The molecule has 1 aromatic rings. The van der Waals surface area contributed by atoms with Gasteiger partial charge in [0.25, 0.3) is 0 Å². The Morgan fingerprint density at radius 2 is 2.24 bits per heavy atom. The lowest BCUT2D eigenvalue weighted by molar-refractivity contribution is 0.138. The summed E-state index contributed by atoms with van der Waals surface area (Å²) in [5.74, 6) is 0. The SMILES string of the molecule is COC(=O)N1C=Cc2nc(C(C)(C)C)sc2C1. The zero-order valence-electron chi connectivity index (χ0n) is 10.5. The Hall–Kier alpha value is -1.36. The smallest absolute Gasteiger partial charge is 0.413 e. The van der Waals surface area contributed by atoms with E-state index in [0.717, 1.165) is 15.6 Å². The van der Waals surface area contributed by atoms with E-state index in [-0.39, 0.29) is 11.5 Å². The number of ether oxygens (including phenoxy) is 1. The van der Waals surface area contributed by atoms with Gasteiger partial charge in [0.2, 0.25) is 0 Å². The van der Waals surface area contributed by atoms with Crippen LogP contribution in [0, 0.1) is 0 Å². The zero-order chi connectivity index (χ0) is 12.6. The molecule has 2 rings (SSSR count). The molecule has 0 bridgehead atoms. The fourth-order valence-electron chi connectivity index (χ4n) is 1.54. The summed E-state index contributed by atoms with van der Waals surface area (Å²) in [6.45, 7) is 6.96. The van der Waals surface area contributed by atoms with Crippen molar-refractivity contribution < 1.29 is 9.53 Å².